The Hall–Kier alpha value is -3.54. The molecule has 0 aliphatic carbocycles. The molecule has 0 bridgehead atoms. The fraction of sp³-hybridized carbons (Fsp3) is 0. The maximum absolute atomic E-state index is 13.6. The van der Waals surface area contributed by atoms with Gasteiger partial charge in [0.15, 0.2) is 0 Å². The van der Waals surface area contributed by atoms with E-state index in [0.29, 0.717) is 0 Å². The summed E-state index contributed by atoms with van der Waals surface area (Å²) in [6.45, 7) is 0. The summed E-state index contributed by atoms with van der Waals surface area (Å²) in [6, 6.07) is 16.4. The van der Waals surface area contributed by atoms with Crippen LogP contribution in [-0.2, 0) is 0 Å². The Morgan fingerprint density at radius 2 is 1.04 bits per heavy atom. The van der Waals surface area contributed by atoms with Crippen molar-refractivity contribution < 1.29 is 27.8 Å². The number of benzene rings is 3. The topological polar surface area (TPSA) is 52.6 Å². The first-order valence-corrected chi connectivity index (χ1v) is 7.58. The molecule has 0 atom stereocenters. The van der Waals surface area contributed by atoms with Gasteiger partial charge in [0.1, 0.15) is 23.1 Å². The fourth-order valence-electron chi connectivity index (χ4n) is 2.18. The third-order valence-corrected chi connectivity index (χ3v) is 3.41. The maximum atomic E-state index is 13.6. The van der Waals surface area contributed by atoms with E-state index in [1.165, 1.54) is 60.7 Å². The Morgan fingerprint density at radius 3 is 1.46 bits per heavy atom. The molecule has 0 radical (unpaired) electrons. The Morgan fingerprint density at radius 1 is 0.615 bits per heavy atom. The van der Waals surface area contributed by atoms with Crippen LogP contribution in [0.25, 0.3) is 0 Å². The Balaban J connectivity index is 1.74. The average Bonchev–Trinajstić information content (AvgIpc) is 2.62. The number of rotatable bonds is 4. The fourth-order valence-corrected chi connectivity index (χ4v) is 2.18. The molecule has 0 N–H and O–H groups in total. The van der Waals surface area contributed by atoms with Crippen molar-refractivity contribution in [1.82, 2.24) is 0 Å². The van der Waals surface area contributed by atoms with Crippen molar-refractivity contribution in [2.75, 3.05) is 0 Å². The first-order valence-electron chi connectivity index (χ1n) is 7.58. The molecule has 0 amide bonds. The maximum Gasteiger partial charge on any atom is 0.346 e. The predicted octanol–water partition coefficient (Wildman–Crippen LogP) is 4.40. The predicted molar refractivity (Wildman–Crippen MR) is 89.2 cm³/mol. The van der Waals surface area contributed by atoms with Crippen LogP contribution in [0.15, 0.2) is 72.8 Å². The summed E-state index contributed by atoms with van der Waals surface area (Å²) in [4.78, 5) is 24.0. The molecule has 0 saturated heterocycles. The Bertz CT molecular complexity index is 895. The lowest BCUT2D eigenvalue weighted by molar-refractivity contribution is 0.0728. The van der Waals surface area contributed by atoms with Crippen LogP contribution in [0.3, 0.4) is 0 Å². The minimum atomic E-state index is -0.888. The normalized spacial score (nSPS) is 10.2. The second kappa shape index (κ2) is 7.57. The second-order valence-corrected chi connectivity index (χ2v) is 5.21. The lowest BCUT2D eigenvalue weighted by atomic mass is 10.2. The molecule has 3 aromatic rings. The van der Waals surface area contributed by atoms with E-state index in [9.17, 15) is 18.4 Å². The molecule has 3 rings (SSSR count). The van der Waals surface area contributed by atoms with Gasteiger partial charge in [-0.2, -0.15) is 0 Å². The highest BCUT2D eigenvalue weighted by atomic mass is 19.1. The van der Waals surface area contributed by atoms with Gasteiger partial charge in [0.05, 0.1) is 11.1 Å². The van der Waals surface area contributed by atoms with E-state index in [2.05, 4.69) is 0 Å². The second-order valence-electron chi connectivity index (χ2n) is 5.21. The van der Waals surface area contributed by atoms with Gasteiger partial charge in [0.2, 0.25) is 0 Å². The molecular weight excluding hydrogens is 342 g/mol. The number of carbonyl (C=O) groups is 2. The van der Waals surface area contributed by atoms with Gasteiger partial charge in [-0.3, -0.25) is 0 Å². The molecule has 0 fully saturated rings. The van der Waals surface area contributed by atoms with E-state index in [-0.39, 0.29) is 22.6 Å². The number of hydrogen-bond acceptors (Lipinski definition) is 4. The van der Waals surface area contributed by atoms with Crippen LogP contribution < -0.4 is 9.47 Å². The highest BCUT2D eigenvalue weighted by Crippen LogP contribution is 2.22. The lowest BCUT2D eigenvalue weighted by Crippen LogP contribution is -2.12. The number of ether oxygens (including phenoxy) is 2. The van der Waals surface area contributed by atoms with Gasteiger partial charge in [0, 0.05) is 6.07 Å². The van der Waals surface area contributed by atoms with Crippen molar-refractivity contribution >= 4 is 11.9 Å². The van der Waals surface area contributed by atoms with E-state index in [1.54, 1.807) is 0 Å². The van der Waals surface area contributed by atoms with Gasteiger partial charge in [0.25, 0.3) is 0 Å². The van der Waals surface area contributed by atoms with E-state index in [4.69, 9.17) is 9.47 Å². The van der Waals surface area contributed by atoms with Crippen molar-refractivity contribution in [1.29, 1.82) is 0 Å². The van der Waals surface area contributed by atoms with Crippen LogP contribution >= 0.6 is 0 Å². The van der Waals surface area contributed by atoms with Gasteiger partial charge in [-0.05, 0) is 36.4 Å². The molecule has 0 spiro atoms. The summed E-state index contributed by atoms with van der Waals surface area (Å²) in [5.74, 6) is -3.09. The van der Waals surface area contributed by atoms with Gasteiger partial charge in [-0.25, -0.2) is 18.4 Å². The first kappa shape index (κ1) is 17.3. The Labute approximate surface area is 147 Å². The van der Waals surface area contributed by atoms with E-state index < -0.39 is 23.6 Å². The van der Waals surface area contributed by atoms with Gasteiger partial charge < -0.3 is 9.47 Å². The van der Waals surface area contributed by atoms with Crippen LogP contribution in [0.1, 0.15) is 20.7 Å². The summed E-state index contributed by atoms with van der Waals surface area (Å²) < 4.78 is 37.4. The molecule has 3 aromatic carbocycles. The average molecular weight is 354 g/mol. The van der Waals surface area contributed by atoms with Crippen molar-refractivity contribution in [3.63, 3.8) is 0 Å². The minimum absolute atomic E-state index is 0.0529. The summed E-state index contributed by atoms with van der Waals surface area (Å²) in [7, 11) is 0. The van der Waals surface area contributed by atoms with Crippen LogP contribution in [-0.4, -0.2) is 11.9 Å². The van der Waals surface area contributed by atoms with E-state index in [1.807, 2.05) is 0 Å². The molecule has 26 heavy (non-hydrogen) atoms. The van der Waals surface area contributed by atoms with E-state index >= 15 is 0 Å². The zero-order valence-electron chi connectivity index (χ0n) is 13.3. The number of esters is 2. The molecule has 0 aliphatic rings. The lowest BCUT2D eigenvalue weighted by Gasteiger charge is -2.08. The molecule has 0 aromatic heterocycles. The van der Waals surface area contributed by atoms with E-state index in [0.717, 1.165) is 12.1 Å². The minimum Gasteiger partial charge on any atom is -0.423 e. The van der Waals surface area contributed by atoms with Gasteiger partial charge in [-0.1, -0.05) is 30.3 Å². The standard InChI is InChI=1S/C20H12F2O4/c21-17-10-3-1-8-15(17)19(23)25-13-6-5-7-14(12-13)26-20(24)16-9-2-4-11-18(16)22/h1-12H. The highest BCUT2D eigenvalue weighted by Gasteiger charge is 2.16. The summed E-state index contributed by atoms with van der Waals surface area (Å²) in [5, 5.41) is 0. The molecular formula is C20H12F2O4. The molecule has 0 aliphatic heterocycles. The molecule has 0 saturated carbocycles. The van der Waals surface area contributed by atoms with Crippen molar-refractivity contribution in [3.05, 3.63) is 95.6 Å². The van der Waals surface area contributed by atoms with Crippen molar-refractivity contribution in [2.45, 2.75) is 0 Å². The zero-order chi connectivity index (χ0) is 18.5. The zero-order valence-corrected chi connectivity index (χ0v) is 13.3. The number of halogens is 2. The summed E-state index contributed by atoms with van der Waals surface area (Å²) >= 11 is 0. The van der Waals surface area contributed by atoms with Gasteiger partial charge in [-0.15, -0.1) is 0 Å². The largest absolute Gasteiger partial charge is 0.423 e. The first-order chi connectivity index (χ1) is 12.5. The molecule has 130 valence electrons. The SMILES string of the molecule is O=C(Oc1cccc(OC(=O)c2ccccc2F)c1)c1ccccc1F. The van der Waals surface area contributed by atoms with Crippen LogP contribution in [0.4, 0.5) is 8.78 Å². The summed E-state index contributed by atoms with van der Waals surface area (Å²) in [6.07, 6.45) is 0. The monoisotopic (exact) mass is 354 g/mol. The third kappa shape index (κ3) is 3.92. The molecule has 0 unspecified atom stereocenters. The Kier molecular flexibility index (Phi) is 5.03. The number of carbonyl (C=O) groups excluding carboxylic acids is 2. The molecule has 6 heteroatoms. The third-order valence-electron chi connectivity index (χ3n) is 3.41. The van der Waals surface area contributed by atoms with Crippen LogP contribution in [0.5, 0.6) is 11.5 Å². The highest BCUT2D eigenvalue weighted by molar-refractivity contribution is 5.92. The smallest absolute Gasteiger partial charge is 0.346 e. The van der Waals surface area contributed by atoms with Crippen molar-refractivity contribution in [2.24, 2.45) is 0 Å². The van der Waals surface area contributed by atoms with Gasteiger partial charge >= 0.3 is 11.9 Å². The molecule has 0 heterocycles. The van der Waals surface area contributed by atoms with Crippen molar-refractivity contribution in [3.8, 4) is 11.5 Å². The van der Waals surface area contributed by atoms with Crippen LogP contribution in [0.2, 0.25) is 0 Å². The van der Waals surface area contributed by atoms with Crippen LogP contribution in [0, 0.1) is 11.6 Å². The summed E-state index contributed by atoms with van der Waals surface area (Å²) in [5.41, 5.74) is -0.442. The number of hydrogen-bond donors (Lipinski definition) is 0. The quantitative estimate of drug-likeness (QED) is 0.515. The molecule has 4 nitrogen and oxygen atoms in total.